The maximum Gasteiger partial charge on any atom is 0.277 e. The maximum atomic E-state index is 14.2. The fraction of sp³-hybridized carbons (Fsp3) is 0.435. The number of carbonyl (C=O) groups is 1. The molecule has 1 atom stereocenters. The zero-order valence-corrected chi connectivity index (χ0v) is 19.5. The Morgan fingerprint density at radius 1 is 1.18 bits per heavy atom. The Bertz CT molecular complexity index is 1190. The summed E-state index contributed by atoms with van der Waals surface area (Å²) in [5, 5.41) is 7.54. The van der Waals surface area contributed by atoms with Crippen LogP contribution < -0.4 is 21.7 Å². The molecule has 5 N–H and O–H groups in total. The van der Waals surface area contributed by atoms with Crippen LogP contribution in [0.25, 0.3) is 10.6 Å². The number of anilines is 3. The fourth-order valence-corrected chi connectivity index (χ4v) is 5.18. The van der Waals surface area contributed by atoms with E-state index in [1.165, 1.54) is 18.9 Å². The van der Waals surface area contributed by atoms with Gasteiger partial charge >= 0.3 is 0 Å². The number of nitrogen functional groups attached to an aromatic ring is 1. The molecule has 2 aliphatic rings. The van der Waals surface area contributed by atoms with Crippen LogP contribution in [0.4, 0.5) is 25.3 Å². The van der Waals surface area contributed by atoms with Crippen molar-refractivity contribution in [2.45, 2.75) is 44.7 Å². The molecule has 1 saturated heterocycles. The second-order valence-corrected chi connectivity index (χ2v) is 10.00. The average molecular weight is 488 g/mol. The van der Waals surface area contributed by atoms with E-state index < -0.39 is 17.5 Å². The monoisotopic (exact) mass is 487 g/mol. The number of hydrogen-bond donors (Lipinski definition) is 3. The second-order valence-electron chi connectivity index (χ2n) is 8.97. The number of rotatable bonds is 6. The van der Waals surface area contributed by atoms with Crippen molar-refractivity contribution in [3.05, 3.63) is 41.7 Å². The van der Waals surface area contributed by atoms with E-state index in [0.29, 0.717) is 11.6 Å². The number of hydrogen-bond acceptors (Lipinski definition) is 7. The van der Waals surface area contributed by atoms with Crippen molar-refractivity contribution in [1.82, 2.24) is 14.8 Å². The lowest BCUT2D eigenvalue weighted by Crippen LogP contribution is -2.30. The molecule has 11 heteroatoms. The van der Waals surface area contributed by atoms with E-state index in [0.717, 1.165) is 68.2 Å². The summed E-state index contributed by atoms with van der Waals surface area (Å²) in [6.45, 7) is 2.39. The summed E-state index contributed by atoms with van der Waals surface area (Å²) in [7, 11) is 0. The molecule has 1 aliphatic carbocycles. The number of amides is 1. The molecule has 3 heterocycles. The van der Waals surface area contributed by atoms with Gasteiger partial charge in [-0.2, -0.15) is 5.10 Å². The van der Waals surface area contributed by atoms with Gasteiger partial charge in [-0.25, -0.2) is 18.4 Å². The number of halogens is 2. The molecule has 2 fully saturated rings. The number of aromatic nitrogens is 3. The van der Waals surface area contributed by atoms with Gasteiger partial charge < -0.3 is 21.7 Å². The van der Waals surface area contributed by atoms with Crippen LogP contribution in [0.3, 0.4) is 0 Å². The van der Waals surface area contributed by atoms with Gasteiger partial charge in [-0.3, -0.25) is 4.79 Å². The highest BCUT2D eigenvalue weighted by molar-refractivity contribution is 7.19. The highest BCUT2D eigenvalue weighted by Gasteiger charge is 2.29. The van der Waals surface area contributed by atoms with Crippen molar-refractivity contribution >= 4 is 33.8 Å². The topological polar surface area (TPSA) is 115 Å². The minimum absolute atomic E-state index is 0.0180. The van der Waals surface area contributed by atoms with Crippen molar-refractivity contribution in [2.75, 3.05) is 29.0 Å². The van der Waals surface area contributed by atoms with Crippen LogP contribution in [0.5, 0.6) is 0 Å². The lowest BCUT2D eigenvalue weighted by molar-refractivity contribution is 0.102. The largest absolute Gasteiger partial charge is 0.389 e. The van der Waals surface area contributed by atoms with Gasteiger partial charge in [-0.15, -0.1) is 0 Å². The molecule has 1 saturated carbocycles. The Kier molecular flexibility index (Phi) is 6.22. The molecule has 0 spiro atoms. The molecule has 34 heavy (non-hydrogen) atoms. The number of thiazole rings is 1. The molecule has 0 bridgehead atoms. The number of nitrogens with two attached hydrogens (primary N) is 2. The third-order valence-electron chi connectivity index (χ3n) is 6.31. The molecule has 1 aromatic carbocycles. The normalized spacial score (nSPS) is 18.7. The van der Waals surface area contributed by atoms with Crippen molar-refractivity contribution in [3.63, 3.8) is 0 Å². The summed E-state index contributed by atoms with van der Waals surface area (Å²) in [5.41, 5.74) is 12.4. The zero-order valence-electron chi connectivity index (χ0n) is 18.6. The smallest absolute Gasteiger partial charge is 0.277 e. The van der Waals surface area contributed by atoms with E-state index in [1.54, 1.807) is 6.20 Å². The van der Waals surface area contributed by atoms with Crippen LogP contribution in [0.2, 0.25) is 0 Å². The third kappa shape index (κ3) is 4.62. The first kappa shape index (κ1) is 22.7. The van der Waals surface area contributed by atoms with E-state index in [9.17, 15) is 13.6 Å². The first-order valence-electron chi connectivity index (χ1n) is 11.5. The zero-order chi connectivity index (χ0) is 23.8. The Labute approximate surface area is 199 Å². The van der Waals surface area contributed by atoms with Gasteiger partial charge in [0.2, 0.25) is 0 Å². The van der Waals surface area contributed by atoms with Crippen LogP contribution >= 0.6 is 11.3 Å². The predicted molar refractivity (Wildman–Crippen MR) is 129 cm³/mol. The summed E-state index contributed by atoms with van der Waals surface area (Å²) >= 11 is 0.873. The third-order valence-corrected chi connectivity index (χ3v) is 7.21. The molecule has 1 amide bonds. The van der Waals surface area contributed by atoms with E-state index in [4.69, 9.17) is 11.5 Å². The van der Waals surface area contributed by atoms with Crippen LogP contribution in [0.1, 0.15) is 42.6 Å². The summed E-state index contributed by atoms with van der Waals surface area (Å²) in [4.78, 5) is 19.5. The quantitative estimate of drug-likeness (QED) is 0.487. The SMILES string of the molecule is Nc1sc(-c2c(F)cccc2F)nc1C(=O)Nc1cnn(CC2CC2)c1N1CCC[C@@H](N)CC1. The molecule has 2 aromatic heterocycles. The van der Waals surface area contributed by atoms with E-state index >= 15 is 0 Å². The van der Waals surface area contributed by atoms with E-state index in [2.05, 4.69) is 20.3 Å². The average Bonchev–Trinajstić information content (AvgIpc) is 3.47. The fourth-order valence-electron chi connectivity index (χ4n) is 4.30. The van der Waals surface area contributed by atoms with Crippen LogP contribution in [-0.4, -0.2) is 39.8 Å². The summed E-state index contributed by atoms with van der Waals surface area (Å²) in [6.07, 6.45) is 6.77. The first-order chi connectivity index (χ1) is 16.4. The molecular weight excluding hydrogens is 460 g/mol. The van der Waals surface area contributed by atoms with E-state index in [1.807, 2.05) is 4.68 Å². The van der Waals surface area contributed by atoms with Gasteiger partial charge in [0.05, 0.1) is 11.8 Å². The minimum atomic E-state index is -0.760. The number of benzene rings is 1. The highest BCUT2D eigenvalue weighted by atomic mass is 32.1. The summed E-state index contributed by atoms with van der Waals surface area (Å²) < 4.78 is 30.4. The van der Waals surface area contributed by atoms with Crippen molar-refractivity contribution < 1.29 is 13.6 Å². The molecule has 3 aromatic rings. The number of carbonyl (C=O) groups excluding carboxylic acids is 1. The lowest BCUT2D eigenvalue weighted by atomic mass is 10.1. The summed E-state index contributed by atoms with van der Waals surface area (Å²) in [5.74, 6) is -0.615. The van der Waals surface area contributed by atoms with Gasteiger partial charge in [0.25, 0.3) is 5.91 Å². The Morgan fingerprint density at radius 3 is 2.68 bits per heavy atom. The molecule has 0 unspecified atom stereocenters. The molecule has 180 valence electrons. The van der Waals surface area contributed by atoms with Gasteiger partial charge in [0, 0.05) is 25.7 Å². The predicted octanol–water partition coefficient (Wildman–Crippen LogP) is 3.85. The van der Waals surface area contributed by atoms with Gasteiger partial charge in [-0.05, 0) is 50.2 Å². The molecule has 1 aliphatic heterocycles. The minimum Gasteiger partial charge on any atom is -0.389 e. The van der Waals surface area contributed by atoms with Crippen molar-refractivity contribution in [2.24, 2.45) is 11.7 Å². The molecule has 0 radical (unpaired) electrons. The Hall–Kier alpha value is -3.05. The highest BCUT2D eigenvalue weighted by Crippen LogP contribution is 2.36. The van der Waals surface area contributed by atoms with Crippen molar-refractivity contribution in [1.29, 1.82) is 0 Å². The molecule has 5 rings (SSSR count). The standard InChI is InChI=1S/C23H27F2N7OS/c24-15-4-1-5-16(25)18(15)22-30-19(20(27)34-22)21(33)29-17-11-28-32(12-13-6-7-13)23(17)31-9-2-3-14(26)8-10-31/h1,4-5,11,13-14H,2-3,6-10,12,26-27H2,(H,29,33)/t14-/m1/s1. The van der Waals surface area contributed by atoms with Gasteiger partial charge in [0.1, 0.15) is 27.3 Å². The molecule has 8 nitrogen and oxygen atoms in total. The number of nitrogens with one attached hydrogen (secondary N) is 1. The van der Waals surface area contributed by atoms with Crippen LogP contribution in [0, 0.1) is 17.6 Å². The Balaban J connectivity index is 1.43. The summed E-state index contributed by atoms with van der Waals surface area (Å²) in [6, 6.07) is 3.72. The van der Waals surface area contributed by atoms with Gasteiger partial charge in [0.15, 0.2) is 11.5 Å². The van der Waals surface area contributed by atoms with Crippen LogP contribution in [0.15, 0.2) is 24.4 Å². The maximum absolute atomic E-state index is 14.2. The second kappa shape index (κ2) is 9.30. The van der Waals surface area contributed by atoms with Gasteiger partial charge in [-0.1, -0.05) is 17.4 Å². The van der Waals surface area contributed by atoms with Crippen LogP contribution in [-0.2, 0) is 6.54 Å². The first-order valence-corrected chi connectivity index (χ1v) is 12.3. The Morgan fingerprint density at radius 2 is 1.94 bits per heavy atom. The van der Waals surface area contributed by atoms with E-state index in [-0.39, 0.29) is 27.3 Å². The lowest BCUT2D eigenvalue weighted by Gasteiger charge is -2.25. The molecular formula is C23H27F2N7OS. The van der Waals surface area contributed by atoms with Crippen molar-refractivity contribution in [3.8, 4) is 10.6 Å². The number of nitrogens with zero attached hydrogens (tertiary/aromatic N) is 4.